The molecule has 1 saturated heterocycles. The molecule has 2 rings (SSSR count). The lowest BCUT2D eigenvalue weighted by molar-refractivity contribution is 0.291. The van der Waals surface area contributed by atoms with Gasteiger partial charge in [0, 0.05) is 20.1 Å². The summed E-state index contributed by atoms with van der Waals surface area (Å²) in [5.74, 6) is 1.21. The van der Waals surface area contributed by atoms with Crippen LogP contribution in [0.3, 0.4) is 0 Å². The van der Waals surface area contributed by atoms with Gasteiger partial charge in [-0.1, -0.05) is 6.92 Å². The molecule has 0 amide bonds. The summed E-state index contributed by atoms with van der Waals surface area (Å²) < 4.78 is 5.43. The fraction of sp³-hybridized carbons (Fsp3) is 0.769. The van der Waals surface area contributed by atoms with E-state index in [0.717, 1.165) is 26.1 Å². The first-order valence-corrected chi connectivity index (χ1v) is 7.40. The minimum atomic E-state index is 0.177. The van der Waals surface area contributed by atoms with Gasteiger partial charge in [-0.15, -0.1) is 0 Å². The Bertz CT molecular complexity index is 445. The average Bonchev–Trinajstić information content (AvgIpc) is 2.81. The van der Waals surface area contributed by atoms with Gasteiger partial charge in [0.1, 0.15) is 0 Å². The fourth-order valence-corrected chi connectivity index (χ4v) is 2.54. The number of likely N-dealkylation sites (tertiary alicyclic amines) is 1. The van der Waals surface area contributed by atoms with Crippen LogP contribution < -0.4 is 9.64 Å². The van der Waals surface area contributed by atoms with Crippen LogP contribution in [0.25, 0.3) is 0 Å². The minimum absolute atomic E-state index is 0.177. The molecule has 0 aliphatic carbocycles. The summed E-state index contributed by atoms with van der Waals surface area (Å²) in [4.78, 5) is 16.8. The van der Waals surface area contributed by atoms with Crippen molar-refractivity contribution >= 4 is 17.5 Å². The molecule has 6 nitrogen and oxygen atoms in total. The largest absolute Gasteiger partial charge is 0.463 e. The Labute approximate surface area is 125 Å². The zero-order valence-corrected chi connectivity index (χ0v) is 13.1. The Morgan fingerprint density at radius 3 is 2.85 bits per heavy atom. The van der Waals surface area contributed by atoms with E-state index in [9.17, 15) is 0 Å². The molecule has 0 spiro atoms. The van der Waals surface area contributed by atoms with E-state index in [1.54, 1.807) is 0 Å². The first kappa shape index (κ1) is 15.3. The van der Waals surface area contributed by atoms with E-state index in [1.165, 1.54) is 6.42 Å². The van der Waals surface area contributed by atoms with Gasteiger partial charge in [-0.2, -0.15) is 15.0 Å². The SMILES string of the molecule is CCCOc1nc(Cl)nc(N(C)CC2CCN(C)C2)n1. The van der Waals surface area contributed by atoms with Crippen LogP contribution in [0.4, 0.5) is 5.95 Å². The average molecular weight is 300 g/mol. The van der Waals surface area contributed by atoms with Gasteiger partial charge < -0.3 is 14.5 Å². The Hall–Kier alpha value is -1.14. The van der Waals surface area contributed by atoms with E-state index in [2.05, 4.69) is 26.9 Å². The van der Waals surface area contributed by atoms with E-state index in [0.29, 0.717) is 24.5 Å². The van der Waals surface area contributed by atoms with Crippen LogP contribution >= 0.6 is 11.6 Å². The molecule has 2 heterocycles. The number of hydrogen-bond acceptors (Lipinski definition) is 6. The summed E-state index contributed by atoms with van der Waals surface area (Å²) in [6, 6.07) is 0.303. The first-order chi connectivity index (χ1) is 9.58. The molecule has 1 atom stereocenters. The Morgan fingerprint density at radius 2 is 2.20 bits per heavy atom. The minimum Gasteiger partial charge on any atom is -0.463 e. The molecular weight excluding hydrogens is 278 g/mol. The summed E-state index contributed by atoms with van der Waals surface area (Å²) in [6.07, 6.45) is 2.11. The maximum atomic E-state index is 5.94. The van der Waals surface area contributed by atoms with Crippen LogP contribution in [0, 0.1) is 5.92 Å². The van der Waals surface area contributed by atoms with Crippen molar-refractivity contribution in [3.63, 3.8) is 0 Å². The number of anilines is 1. The van der Waals surface area contributed by atoms with Crippen LogP contribution in [0.1, 0.15) is 19.8 Å². The lowest BCUT2D eigenvalue weighted by Crippen LogP contribution is -2.28. The van der Waals surface area contributed by atoms with Crippen LogP contribution in [0.2, 0.25) is 5.28 Å². The van der Waals surface area contributed by atoms with Crippen molar-refractivity contribution in [1.29, 1.82) is 0 Å². The van der Waals surface area contributed by atoms with Gasteiger partial charge >= 0.3 is 6.01 Å². The maximum Gasteiger partial charge on any atom is 0.322 e. The van der Waals surface area contributed by atoms with E-state index in [1.807, 2.05) is 18.9 Å². The van der Waals surface area contributed by atoms with Gasteiger partial charge in [-0.3, -0.25) is 0 Å². The van der Waals surface area contributed by atoms with E-state index < -0.39 is 0 Å². The van der Waals surface area contributed by atoms with Crippen molar-refractivity contribution in [2.75, 3.05) is 45.2 Å². The van der Waals surface area contributed by atoms with Crippen LogP contribution in [-0.2, 0) is 0 Å². The van der Waals surface area contributed by atoms with Crippen LogP contribution in [0.15, 0.2) is 0 Å². The molecule has 1 aliphatic rings. The van der Waals surface area contributed by atoms with Crippen molar-refractivity contribution in [3.05, 3.63) is 5.28 Å². The van der Waals surface area contributed by atoms with Gasteiger partial charge in [0.25, 0.3) is 0 Å². The van der Waals surface area contributed by atoms with Gasteiger partial charge in [-0.05, 0) is 44.0 Å². The molecule has 0 aromatic carbocycles. The normalized spacial score (nSPS) is 19.3. The highest BCUT2D eigenvalue weighted by molar-refractivity contribution is 6.28. The second-order valence-electron chi connectivity index (χ2n) is 5.33. The molecule has 1 aliphatic heterocycles. The second kappa shape index (κ2) is 7.04. The third-order valence-corrected chi connectivity index (χ3v) is 3.54. The number of aromatic nitrogens is 3. The smallest absolute Gasteiger partial charge is 0.322 e. The fourth-order valence-electron chi connectivity index (χ4n) is 2.39. The molecule has 0 saturated carbocycles. The van der Waals surface area contributed by atoms with E-state index >= 15 is 0 Å². The maximum absolute atomic E-state index is 5.94. The van der Waals surface area contributed by atoms with Crippen molar-refractivity contribution in [2.24, 2.45) is 5.92 Å². The highest BCUT2D eigenvalue weighted by Gasteiger charge is 2.22. The summed E-state index contributed by atoms with van der Waals surface area (Å²) in [7, 11) is 4.13. The number of nitrogens with zero attached hydrogens (tertiary/aromatic N) is 5. The quantitative estimate of drug-likeness (QED) is 0.797. The third kappa shape index (κ3) is 4.18. The van der Waals surface area contributed by atoms with Crippen molar-refractivity contribution in [2.45, 2.75) is 19.8 Å². The van der Waals surface area contributed by atoms with Gasteiger partial charge in [0.15, 0.2) is 0 Å². The molecule has 112 valence electrons. The lowest BCUT2D eigenvalue weighted by atomic mass is 10.1. The lowest BCUT2D eigenvalue weighted by Gasteiger charge is -2.21. The highest BCUT2D eigenvalue weighted by atomic mass is 35.5. The monoisotopic (exact) mass is 299 g/mol. The molecular formula is C13H22ClN5O. The third-order valence-electron chi connectivity index (χ3n) is 3.37. The van der Waals surface area contributed by atoms with Gasteiger partial charge in [0.2, 0.25) is 11.2 Å². The molecule has 1 fully saturated rings. The molecule has 0 bridgehead atoms. The number of ether oxygens (including phenoxy) is 1. The van der Waals surface area contributed by atoms with Crippen LogP contribution in [0.5, 0.6) is 6.01 Å². The van der Waals surface area contributed by atoms with Crippen molar-refractivity contribution in [1.82, 2.24) is 19.9 Å². The topological polar surface area (TPSA) is 54.4 Å². The molecule has 7 heteroatoms. The highest BCUT2D eigenvalue weighted by Crippen LogP contribution is 2.19. The number of halogens is 1. The van der Waals surface area contributed by atoms with Gasteiger partial charge in [0.05, 0.1) is 6.61 Å². The molecule has 1 aromatic heterocycles. The molecule has 0 N–H and O–H groups in total. The predicted octanol–water partition coefficient (Wildman–Crippen LogP) is 1.70. The molecule has 1 aromatic rings. The zero-order chi connectivity index (χ0) is 14.5. The van der Waals surface area contributed by atoms with Crippen molar-refractivity contribution < 1.29 is 4.74 Å². The first-order valence-electron chi connectivity index (χ1n) is 7.02. The second-order valence-corrected chi connectivity index (χ2v) is 5.67. The van der Waals surface area contributed by atoms with Crippen LogP contribution in [-0.4, -0.2) is 60.2 Å². The number of hydrogen-bond donors (Lipinski definition) is 0. The molecule has 0 radical (unpaired) electrons. The summed E-state index contributed by atoms with van der Waals surface area (Å²) >= 11 is 5.94. The Balaban J connectivity index is 2.01. The Morgan fingerprint density at radius 1 is 1.40 bits per heavy atom. The Kier molecular flexibility index (Phi) is 5.37. The summed E-state index contributed by atoms with van der Waals surface area (Å²) in [5.41, 5.74) is 0. The molecule has 1 unspecified atom stereocenters. The number of rotatable bonds is 6. The zero-order valence-electron chi connectivity index (χ0n) is 12.3. The summed E-state index contributed by atoms with van der Waals surface area (Å²) in [6.45, 7) is 5.80. The standard InChI is InChI=1S/C13H22ClN5O/c1-4-7-20-13-16-11(14)15-12(17-13)19(3)9-10-5-6-18(2)8-10/h10H,4-9H2,1-3H3. The summed E-state index contributed by atoms with van der Waals surface area (Å²) in [5, 5.41) is 0.177. The van der Waals surface area contributed by atoms with Gasteiger partial charge in [-0.25, -0.2) is 0 Å². The van der Waals surface area contributed by atoms with E-state index in [-0.39, 0.29) is 5.28 Å². The molecule has 20 heavy (non-hydrogen) atoms. The predicted molar refractivity (Wildman–Crippen MR) is 79.5 cm³/mol. The van der Waals surface area contributed by atoms with E-state index in [4.69, 9.17) is 16.3 Å². The van der Waals surface area contributed by atoms with Crippen molar-refractivity contribution in [3.8, 4) is 6.01 Å².